The van der Waals surface area contributed by atoms with E-state index in [-0.39, 0.29) is 0 Å². The molecule has 19 heavy (non-hydrogen) atoms. The molecule has 0 atom stereocenters. The van der Waals surface area contributed by atoms with Gasteiger partial charge in [0.1, 0.15) is 18.6 Å². The van der Waals surface area contributed by atoms with Crippen LogP contribution in [0.15, 0.2) is 30.3 Å². The van der Waals surface area contributed by atoms with Gasteiger partial charge in [0.2, 0.25) is 0 Å². The van der Waals surface area contributed by atoms with E-state index in [4.69, 9.17) is 9.47 Å². The molecule has 0 unspecified atom stereocenters. The Morgan fingerprint density at radius 3 is 2.63 bits per heavy atom. The Morgan fingerprint density at radius 1 is 1.21 bits per heavy atom. The van der Waals surface area contributed by atoms with Crippen LogP contribution in [-0.2, 0) is 9.53 Å². The van der Waals surface area contributed by atoms with Crippen molar-refractivity contribution in [2.24, 2.45) is 0 Å². The number of carbonyl (C=O) groups is 1. The van der Waals surface area contributed by atoms with Gasteiger partial charge in [-0.25, -0.2) is 0 Å². The number of aldehydes is 1. The van der Waals surface area contributed by atoms with Gasteiger partial charge in [-0.05, 0) is 23.8 Å². The first-order chi connectivity index (χ1) is 9.38. The summed E-state index contributed by atoms with van der Waals surface area (Å²) in [6, 6.07) is 7.71. The van der Waals surface area contributed by atoms with E-state index in [1.807, 2.05) is 24.3 Å². The van der Waals surface area contributed by atoms with Gasteiger partial charge in [0, 0.05) is 19.6 Å². The van der Waals surface area contributed by atoms with Gasteiger partial charge in [0.25, 0.3) is 0 Å². The summed E-state index contributed by atoms with van der Waals surface area (Å²) in [4.78, 5) is 12.5. The number of allylic oxidation sites excluding steroid dienone is 1. The summed E-state index contributed by atoms with van der Waals surface area (Å²) in [6.45, 7) is 5.22. The molecule has 4 heteroatoms. The van der Waals surface area contributed by atoms with Crippen LogP contribution in [0, 0.1) is 0 Å². The average molecular weight is 261 g/mol. The lowest BCUT2D eigenvalue weighted by Gasteiger charge is -2.26. The lowest BCUT2D eigenvalue weighted by Crippen LogP contribution is -2.38. The molecule has 1 saturated heterocycles. The van der Waals surface area contributed by atoms with Crippen molar-refractivity contribution in [3.05, 3.63) is 35.9 Å². The van der Waals surface area contributed by atoms with E-state index in [1.165, 1.54) is 6.08 Å². The highest BCUT2D eigenvalue weighted by atomic mass is 16.5. The summed E-state index contributed by atoms with van der Waals surface area (Å²) < 4.78 is 11.0. The summed E-state index contributed by atoms with van der Waals surface area (Å²) in [5.74, 6) is 0.858. The molecule has 0 bridgehead atoms. The normalized spacial score (nSPS) is 16.6. The van der Waals surface area contributed by atoms with Crippen molar-refractivity contribution in [3.63, 3.8) is 0 Å². The highest BCUT2D eigenvalue weighted by Gasteiger charge is 2.09. The first kappa shape index (κ1) is 13.8. The van der Waals surface area contributed by atoms with Crippen molar-refractivity contribution in [1.29, 1.82) is 0 Å². The Bertz CT molecular complexity index is 408. The third kappa shape index (κ3) is 4.85. The minimum Gasteiger partial charge on any atom is -0.492 e. The van der Waals surface area contributed by atoms with Crippen LogP contribution in [0.2, 0.25) is 0 Å². The minimum absolute atomic E-state index is 0.684. The zero-order chi connectivity index (χ0) is 13.3. The molecule has 102 valence electrons. The molecule has 1 heterocycles. The Labute approximate surface area is 113 Å². The molecule has 0 aliphatic carbocycles. The van der Waals surface area contributed by atoms with Crippen molar-refractivity contribution in [2.75, 3.05) is 39.5 Å². The lowest BCUT2D eigenvalue weighted by atomic mass is 10.2. The number of hydrogen-bond donors (Lipinski definition) is 0. The highest BCUT2D eigenvalue weighted by Crippen LogP contribution is 2.13. The molecule has 1 aromatic rings. The molecule has 1 aromatic carbocycles. The number of nitrogens with zero attached hydrogens (tertiary/aromatic N) is 1. The van der Waals surface area contributed by atoms with E-state index in [0.717, 1.165) is 50.4 Å². The van der Waals surface area contributed by atoms with Crippen LogP contribution in [0.5, 0.6) is 5.75 Å². The summed E-state index contributed by atoms with van der Waals surface area (Å²) in [7, 11) is 0. The maximum absolute atomic E-state index is 10.2. The fraction of sp³-hybridized carbons (Fsp3) is 0.400. The standard InChI is InChI=1S/C15H19NO3/c17-10-1-2-14-3-5-15(6-4-14)19-13-9-16-7-11-18-12-8-16/h1-6,10H,7-9,11-13H2. The first-order valence-corrected chi connectivity index (χ1v) is 6.53. The molecule has 0 aromatic heterocycles. The average Bonchev–Trinajstić information content (AvgIpc) is 2.47. The van der Waals surface area contributed by atoms with Gasteiger partial charge in [0.15, 0.2) is 0 Å². The Morgan fingerprint density at radius 2 is 1.95 bits per heavy atom. The number of ether oxygens (including phenoxy) is 2. The number of carbonyl (C=O) groups excluding carboxylic acids is 1. The van der Waals surface area contributed by atoms with Crippen LogP contribution in [0.3, 0.4) is 0 Å². The van der Waals surface area contributed by atoms with Crippen LogP contribution in [0.25, 0.3) is 6.08 Å². The lowest BCUT2D eigenvalue weighted by molar-refractivity contribution is -0.104. The van der Waals surface area contributed by atoms with Crippen LogP contribution in [-0.4, -0.2) is 50.6 Å². The number of hydrogen-bond acceptors (Lipinski definition) is 4. The molecule has 0 spiro atoms. The monoisotopic (exact) mass is 261 g/mol. The van der Waals surface area contributed by atoms with Crippen molar-refractivity contribution >= 4 is 12.4 Å². The minimum atomic E-state index is 0.684. The van der Waals surface area contributed by atoms with Crippen LogP contribution in [0.4, 0.5) is 0 Å². The van der Waals surface area contributed by atoms with Gasteiger partial charge >= 0.3 is 0 Å². The van der Waals surface area contributed by atoms with Gasteiger partial charge in [-0.3, -0.25) is 9.69 Å². The van der Waals surface area contributed by atoms with E-state index in [2.05, 4.69) is 4.90 Å². The molecule has 2 rings (SSSR count). The molecule has 1 aliphatic rings. The zero-order valence-electron chi connectivity index (χ0n) is 11.0. The van der Waals surface area contributed by atoms with Crippen LogP contribution >= 0.6 is 0 Å². The van der Waals surface area contributed by atoms with E-state index in [9.17, 15) is 4.79 Å². The topological polar surface area (TPSA) is 38.8 Å². The molecule has 0 amide bonds. The summed E-state index contributed by atoms with van der Waals surface area (Å²) in [6.07, 6.45) is 4.02. The fourth-order valence-electron chi connectivity index (χ4n) is 1.94. The Hall–Kier alpha value is -1.65. The molecule has 0 radical (unpaired) electrons. The van der Waals surface area contributed by atoms with Gasteiger partial charge < -0.3 is 9.47 Å². The quantitative estimate of drug-likeness (QED) is 0.576. The zero-order valence-corrected chi connectivity index (χ0v) is 11.0. The Kier molecular flexibility index (Phi) is 5.59. The smallest absolute Gasteiger partial charge is 0.142 e. The van der Waals surface area contributed by atoms with Crippen molar-refractivity contribution in [1.82, 2.24) is 4.90 Å². The van der Waals surface area contributed by atoms with E-state index >= 15 is 0 Å². The van der Waals surface area contributed by atoms with Crippen molar-refractivity contribution in [3.8, 4) is 5.75 Å². The molecule has 0 saturated carbocycles. The second kappa shape index (κ2) is 7.71. The molecule has 1 aliphatic heterocycles. The second-order valence-corrected chi connectivity index (χ2v) is 4.37. The maximum Gasteiger partial charge on any atom is 0.142 e. The van der Waals surface area contributed by atoms with Gasteiger partial charge in [-0.1, -0.05) is 18.2 Å². The van der Waals surface area contributed by atoms with Gasteiger partial charge in [0.05, 0.1) is 13.2 Å². The third-order valence-electron chi connectivity index (χ3n) is 3.03. The van der Waals surface area contributed by atoms with Gasteiger partial charge in [-0.2, -0.15) is 0 Å². The summed E-state index contributed by atoms with van der Waals surface area (Å²) >= 11 is 0. The number of morpholine rings is 1. The second-order valence-electron chi connectivity index (χ2n) is 4.37. The number of rotatable bonds is 6. The Balaban J connectivity index is 1.73. The highest BCUT2D eigenvalue weighted by molar-refractivity contribution is 5.73. The first-order valence-electron chi connectivity index (χ1n) is 6.53. The molecular weight excluding hydrogens is 242 g/mol. The van der Waals surface area contributed by atoms with E-state index < -0.39 is 0 Å². The van der Waals surface area contributed by atoms with E-state index in [1.54, 1.807) is 6.08 Å². The predicted molar refractivity (Wildman–Crippen MR) is 74.3 cm³/mol. The fourth-order valence-corrected chi connectivity index (χ4v) is 1.94. The summed E-state index contributed by atoms with van der Waals surface area (Å²) in [5.41, 5.74) is 0.993. The summed E-state index contributed by atoms with van der Waals surface area (Å²) in [5, 5.41) is 0. The predicted octanol–water partition coefficient (Wildman–Crippen LogP) is 1.61. The molecular formula is C15H19NO3. The van der Waals surface area contributed by atoms with E-state index in [0.29, 0.717) is 6.61 Å². The van der Waals surface area contributed by atoms with Crippen LogP contribution in [0.1, 0.15) is 5.56 Å². The largest absolute Gasteiger partial charge is 0.492 e. The molecule has 1 fully saturated rings. The maximum atomic E-state index is 10.2. The van der Waals surface area contributed by atoms with Gasteiger partial charge in [-0.15, -0.1) is 0 Å². The molecule has 0 N–H and O–H groups in total. The van der Waals surface area contributed by atoms with Crippen LogP contribution < -0.4 is 4.74 Å². The van der Waals surface area contributed by atoms with Crippen molar-refractivity contribution < 1.29 is 14.3 Å². The third-order valence-corrected chi connectivity index (χ3v) is 3.03. The SMILES string of the molecule is O=CC=Cc1ccc(OCCN2CCOCC2)cc1. The van der Waals surface area contributed by atoms with Crippen molar-refractivity contribution in [2.45, 2.75) is 0 Å². The molecule has 4 nitrogen and oxygen atoms in total. The number of benzene rings is 1.